The number of ketones is 1. The van der Waals surface area contributed by atoms with Crippen LogP contribution in [0.1, 0.15) is 32.3 Å². The molecule has 1 unspecified atom stereocenters. The summed E-state index contributed by atoms with van der Waals surface area (Å²) in [6.45, 7) is 4.07. The second-order valence-electron chi connectivity index (χ2n) is 8.93. The lowest BCUT2D eigenvalue weighted by Gasteiger charge is -2.48. The van der Waals surface area contributed by atoms with Gasteiger partial charge in [-0.3, -0.25) is 14.6 Å². The SMILES string of the molecule is CN1C(=O)C2(C(C#N)=C(N)N(N(C)C)C3=C2C(=O)CC(C)(C)C3)c2ccccc21. The number of hydrogen-bond acceptors (Lipinski definition) is 6. The van der Waals surface area contributed by atoms with E-state index in [0.717, 1.165) is 0 Å². The number of nitrogens with zero attached hydrogens (tertiary/aromatic N) is 4. The van der Waals surface area contributed by atoms with Crippen molar-refractivity contribution in [1.82, 2.24) is 10.0 Å². The minimum absolute atomic E-state index is 0.109. The van der Waals surface area contributed by atoms with E-state index in [-0.39, 0.29) is 28.5 Å². The Labute approximate surface area is 170 Å². The van der Waals surface area contributed by atoms with Gasteiger partial charge in [-0.1, -0.05) is 32.0 Å². The number of anilines is 1. The summed E-state index contributed by atoms with van der Waals surface area (Å²) in [7, 11) is 5.30. The van der Waals surface area contributed by atoms with Crippen LogP contribution in [-0.2, 0) is 15.0 Å². The summed E-state index contributed by atoms with van der Waals surface area (Å²) >= 11 is 0. The lowest BCUT2D eigenvalue weighted by molar-refractivity contribution is -0.125. The molecule has 1 aliphatic carbocycles. The number of nitriles is 1. The molecule has 7 nitrogen and oxygen atoms in total. The fourth-order valence-electron chi connectivity index (χ4n) is 5.10. The third-order valence-electron chi connectivity index (χ3n) is 6.15. The number of allylic oxidation sites excluding steroid dienone is 1. The molecule has 150 valence electrons. The molecule has 0 bridgehead atoms. The summed E-state index contributed by atoms with van der Waals surface area (Å²) < 4.78 is 0. The fraction of sp³-hybridized carbons (Fsp3) is 0.409. The second-order valence-corrected chi connectivity index (χ2v) is 8.93. The van der Waals surface area contributed by atoms with Crippen LogP contribution in [0.2, 0.25) is 0 Å². The number of carbonyl (C=O) groups excluding carboxylic acids is 2. The van der Waals surface area contributed by atoms with Crippen molar-refractivity contribution in [3.63, 3.8) is 0 Å². The van der Waals surface area contributed by atoms with Crippen molar-refractivity contribution in [1.29, 1.82) is 5.26 Å². The Morgan fingerprint density at radius 2 is 1.83 bits per heavy atom. The normalized spacial score (nSPS) is 25.7. The maximum Gasteiger partial charge on any atom is 0.247 e. The molecule has 4 rings (SSSR count). The van der Waals surface area contributed by atoms with E-state index in [4.69, 9.17) is 5.73 Å². The minimum Gasteiger partial charge on any atom is -0.383 e. The highest BCUT2D eigenvalue weighted by Gasteiger charge is 2.62. The van der Waals surface area contributed by atoms with Crippen molar-refractivity contribution in [3.8, 4) is 6.07 Å². The van der Waals surface area contributed by atoms with Gasteiger partial charge in [-0.05, 0) is 17.9 Å². The van der Waals surface area contributed by atoms with Crippen LogP contribution in [0.25, 0.3) is 0 Å². The summed E-state index contributed by atoms with van der Waals surface area (Å²) in [4.78, 5) is 28.8. The average molecular weight is 391 g/mol. The van der Waals surface area contributed by atoms with E-state index in [0.29, 0.717) is 35.4 Å². The molecule has 0 aromatic heterocycles. The van der Waals surface area contributed by atoms with Crippen LogP contribution < -0.4 is 10.6 Å². The summed E-state index contributed by atoms with van der Waals surface area (Å²) in [5.74, 6) is -0.223. The maximum absolute atomic E-state index is 13.8. The molecule has 0 saturated carbocycles. The van der Waals surface area contributed by atoms with Crippen LogP contribution in [0, 0.1) is 16.7 Å². The third-order valence-corrected chi connectivity index (χ3v) is 6.15. The molecule has 0 fully saturated rings. The first-order valence-electron chi connectivity index (χ1n) is 9.60. The van der Waals surface area contributed by atoms with Crippen molar-refractivity contribution < 1.29 is 9.59 Å². The predicted octanol–water partition coefficient (Wildman–Crippen LogP) is 2.03. The molecular formula is C22H25N5O2. The molecule has 0 saturated heterocycles. The van der Waals surface area contributed by atoms with Gasteiger partial charge in [0.1, 0.15) is 17.3 Å². The van der Waals surface area contributed by atoms with Gasteiger partial charge in [0.15, 0.2) is 5.78 Å². The number of benzene rings is 1. The van der Waals surface area contributed by atoms with Gasteiger partial charge in [-0.25, -0.2) is 5.01 Å². The van der Waals surface area contributed by atoms with Gasteiger partial charge in [0, 0.05) is 50.1 Å². The molecule has 1 aromatic carbocycles. The number of hydrogen-bond donors (Lipinski definition) is 1. The van der Waals surface area contributed by atoms with Gasteiger partial charge < -0.3 is 10.6 Å². The molecule has 3 aliphatic rings. The Kier molecular flexibility index (Phi) is 3.94. The number of carbonyl (C=O) groups is 2. The predicted molar refractivity (Wildman–Crippen MR) is 109 cm³/mol. The van der Waals surface area contributed by atoms with Gasteiger partial charge in [-0.15, -0.1) is 0 Å². The molecule has 7 heteroatoms. The zero-order chi connectivity index (χ0) is 21.3. The van der Waals surface area contributed by atoms with Crippen LogP contribution in [0.3, 0.4) is 0 Å². The lowest BCUT2D eigenvalue weighted by atomic mass is 9.61. The Balaban J connectivity index is 2.17. The number of likely N-dealkylation sites (N-methyl/N-ethyl adjacent to an activating group) is 1. The number of rotatable bonds is 1. The van der Waals surface area contributed by atoms with Crippen molar-refractivity contribution >= 4 is 17.4 Å². The number of amides is 1. The second kappa shape index (κ2) is 5.94. The van der Waals surface area contributed by atoms with Crippen LogP contribution in [-0.4, -0.2) is 42.9 Å². The van der Waals surface area contributed by atoms with Crippen molar-refractivity contribution in [2.24, 2.45) is 11.1 Å². The van der Waals surface area contributed by atoms with Gasteiger partial charge in [0.2, 0.25) is 5.91 Å². The monoisotopic (exact) mass is 391 g/mol. The largest absolute Gasteiger partial charge is 0.383 e. The van der Waals surface area contributed by atoms with Gasteiger partial charge in [0.25, 0.3) is 0 Å². The van der Waals surface area contributed by atoms with Crippen molar-refractivity contribution in [2.45, 2.75) is 32.1 Å². The quantitative estimate of drug-likeness (QED) is 0.787. The molecule has 1 amide bonds. The Morgan fingerprint density at radius 3 is 2.45 bits per heavy atom. The molecule has 1 atom stereocenters. The molecule has 2 N–H and O–H groups in total. The number of fused-ring (bicyclic) bond motifs is 3. The van der Waals surface area contributed by atoms with Crippen LogP contribution in [0.15, 0.2) is 46.9 Å². The first-order valence-corrected chi connectivity index (χ1v) is 9.60. The van der Waals surface area contributed by atoms with E-state index in [1.54, 1.807) is 17.1 Å². The number of hydrazine groups is 1. The van der Waals surface area contributed by atoms with E-state index in [2.05, 4.69) is 6.07 Å². The molecule has 2 aliphatic heterocycles. The fourth-order valence-corrected chi connectivity index (χ4v) is 5.10. The number of para-hydroxylation sites is 1. The maximum atomic E-state index is 13.8. The summed E-state index contributed by atoms with van der Waals surface area (Å²) in [6, 6.07) is 9.52. The Hall–Kier alpha value is -3.11. The molecule has 0 radical (unpaired) electrons. The summed E-state index contributed by atoms with van der Waals surface area (Å²) in [6.07, 6.45) is 0.888. The van der Waals surface area contributed by atoms with Crippen molar-refractivity contribution in [2.75, 3.05) is 26.0 Å². The van der Waals surface area contributed by atoms with E-state index >= 15 is 0 Å². The zero-order valence-corrected chi connectivity index (χ0v) is 17.4. The molecule has 1 spiro atoms. The standard InChI is InChI=1S/C22H25N5O2/c1-21(2)10-16-18(17(28)11-21)22(14(12-23)19(24)27(16)25(3)4)13-8-6-7-9-15(13)26(5)20(22)29/h6-9H,10-11,24H2,1-5H3. The number of Topliss-reactive ketones (excluding diaryl/α,β-unsaturated/α-hetero) is 1. The molecule has 1 aromatic rings. The zero-order valence-electron chi connectivity index (χ0n) is 17.4. The average Bonchev–Trinajstić information content (AvgIpc) is 2.84. The summed E-state index contributed by atoms with van der Waals surface area (Å²) in [5, 5.41) is 13.6. The van der Waals surface area contributed by atoms with Crippen LogP contribution >= 0.6 is 0 Å². The summed E-state index contributed by atoms with van der Waals surface area (Å²) in [5.41, 5.74) is 7.30. The van der Waals surface area contributed by atoms with Gasteiger partial charge in [-0.2, -0.15) is 5.26 Å². The Morgan fingerprint density at radius 1 is 1.17 bits per heavy atom. The highest BCUT2D eigenvalue weighted by Crippen LogP contribution is 2.57. The van der Waals surface area contributed by atoms with E-state index in [1.807, 2.05) is 52.2 Å². The van der Waals surface area contributed by atoms with Gasteiger partial charge >= 0.3 is 0 Å². The van der Waals surface area contributed by atoms with Crippen LogP contribution in [0.4, 0.5) is 5.69 Å². The third kappa shape index (κ3) is 2.26. The van der Waals surface area contributed by atoms with Crippen LogP contribution in [0.5, 0.6) is 0 Å². The molecular weight excluding hydrogens is 366 g/mol. The lowest BCUT2D eigenvalue weighted by Crippen LogP contribution is -2.55. The Bertz CT molecular complexity index is 1060. The first kappa shape index (κ1) is 19.2. The van der Waals surface area contributed by atoms with Crippen molar-refractivity contribution in [3.05, 3.63) is 52.5 Å². The molecule has 2 heterocycles. The minimum atomic E-state index is -1.49. The topological polar surface area (TPSA) is 93.7 Å². The first-order chi connectivity index (χ1) is 13.6. The number of nitrogens with two attached hydrogens (primary N) is 1. The molecule has 29 heavy (non-hydrogen) atoms. The highest BCUT2D eigenvalue weighted by atomic mass is 16.2. The highest BCUT2D eigenvalue weighted by molar-refractivity contribution is 6.20. The smallest absolute Gasteiger partial charge is 0.247 e. The van der Waals surface area contributed by atoms with E-state index < -0.39 is 5.41 Å². The van der Waals surface area contributed by atoms with E-state index in [9.17, 15) is 14.9 Å². The van der Waals surface area contributed by atoms with E-state index in [1.165, 1.54) is 4.90 Å². The van der Waals surface area contributed by atoms with Gasteiger partial charge in [0.05, 0.1) is 5.57 Å².